The van der Waals surface area contributed by atoms with E-state index in [1.807, 2.05) is 24.3 Å². The fourth-order valence-corrected chi connectivity index (χ4v) is 2.43. The molecule has 0 saturated heterocycles. The van der Waals surface area contributed by atoms with Crippen LogP contribution in [0.1, 0.15) is 18.4 Å². The summed E-state index contributed by atoms with van der Waals surface area (Å²) in [6.07, 6.45) is 5.97. The van der Waals surface area contributed by atoms with Gasteiger partial charge in [-0.05, 0) is 30.5 Å². The van der Waals surface area contributed by atoms with Crippen LogP contribution in [0.5, 0.6) is 5.75 Å². The van der Waals surface area contributed by atoms with Gasteiger partial charge in [0, 0.05) is 13.1 Å². The highest BCUT2D eigenvalue weighted by atomic mass is 16.5. The van der Waals surface area contributed by atoms with Gasteiger partial charge in [-0.25, -0.2) is 0 Å². The zero-order valence-corrected chi connectivity index (χ0v) is 12.0. The van der Waals surface area contributed by atoms with Crippen molar-refractivity contribution in [3.63, 3.8) is 0 Å². The van der Waals surface area contributed by atoms with Gasteiger partial charge in [-0.1, -0.05) is 24.3 Å². The Morgan fingerprint density at radius 3 is 2.65 bits per heavy atom. The summed E-state index contributed by atoms with van der Waals surface area (Å²) in [4.78, 5) is 14.1. The molecule has 0 radical (unpaired) electrons. The van der Waals surface area contributed by atoms with Crippen LogP contribution >= 0.6 is 0 Å². The quantitative estimate of drug-likeness (QED) is 0.625. The Kier molecular flexibility index (Phi) is 5.18. The molecular weight excluding hydrogens is 254 g/mol. The molecule has 0 saturated carbocycles. The summed E-state index contributed by atoms with van der Waals surface area (Å²) in [5.74, 6) is 0.691. The molecule has 0 fully saturated rings. The molecule has 4 nitrogen and oxygen atoms in total. The van der Waals surface area contributed by atoms with Gasteiger partial charge in [-0.15, -0.1) is 0 Å². The number of allylic oxidation sites excluding steroid dienone is 1. The number of methoxy groups -OCH3 is 2. The fourth-order valence-electron chi connectivity index (χ4n) is 2.43. The average Bonchev–Trinajstić information content (AvgIpc) is 2.73. The van der Waals surface area contributed by atoms with E-state index in [1.54, 1.807) is 7.11 Å². The molecule has 1 heterocycles. The average molecular weight is 275 g/mol. The van der Waals surface area contributed by atoms with Crippen LogP contribution in [0, 0.1) is 0 Å². The summed E-state index contributed by atoms with van der Waals surface area (Å²) in [7, 11) is 3.11. The predicted octanol–water partition coefficient (Wildman–Crippen LogP) is 2.39. The molecule has 0 amide bonds. The number of rotatable bonds is 4. The van der Waals surface area contributed by atoms with Crippen LogP contribution in [0.2, 0.25) is 0 Å². The Hall–Kier alpha value is -1.81. The number of carbonyl (C=O) groups is 1. The van der Waals surface area contributed by atoms with E-state index in [4.69, 9.17) is 9.47 Å². The van der Waals surface area contributed by atoms with Gasteiger partial charge in [0.05, 0.1) is 14.2 Å². The molecule has 0 unspecified atom stereocenters. The molecule has 0 aliphatic carbocycles. The molecule has 1 aliphatic rings. The van der Waals surface area contributed by atoms with Gasteiger partial charge >= 0.3 is 5.97 Å². The van der Waals surface area contributed by atoms with Gasteiger partial charge in [0.25, 0.3) is 0 Å². The lowest BCUT2D eigenvalue weighted by Crippen LogP contribution is -2.40. The molecule has 2 rings (SSSR count). The molecule has 0 bridgehead atoms. The van der Waals surface area contributed by atoms with Crippen molar-refractivity contribution in [2.75, 3.05) is 20.8 Å². The van der Waals surface area contributed by atoms with Crippen LogP contribution in [0.4, 0.5) is 0 Å². The number of hydrogen-bond donors (Lipinski definition) is 0. The van der Waals surface area contributed by atoms with E-state index >= 15 is 0 Å². The number of esters is 1. The predicted molar refractivity (Wildman–Crippen MR) is 77.6 cm³/mol. The Balaban J connectivity index is 2.09. The van der Waals surface area contributed by atoms with Gasteiger partial charge < -0.3 is 9.47 Å². The SMILES string of the molecule is COC(=O)[C@H]1CCC=CCN1Cc1ccc(OC)cc1. The first-order chi connectivity index (χ1) is 9.74. The highest BCUT2D eigenvalue weighted by molar-refractivity contribution is 5.75. The topological polar surface area (TPSA) is 38.8 Å². The smallest absolute Gasteiger partial charge is 0.323 e. The molecule has 1 aromatic rings. The van der Waals surface area contributed by atoms with Crippen molar-refractivity contribution in [3.05, 3.63) is 42.0 Å². The molecule has 0 aromatic heterocycles. The fraction of sp³-hybridized carbons (Fsp3) is 0.438. The standard InChI is InChI=1S/C16H21NO3/c1-19-14-9-7-13(8-10-14)12-17-11-5-3-4-6-15(17)16(18)20-2/h3,5,7-10,15H,4,6,11-12H2,1-2H3/t15-/m1/s1. The lowest BCUT2D eigenvalue weighted by Gasteiger charge is -2.27. The second-order valence-electron chi connectivity index (χ2n) is 4.87. The molecule has 20 heavy (non-hydrogen) atoms. The monoisotopic (exact) mass is 275 g/mol. The van der Waals surface area contributed by atoms with Crippen molar-refractivity contribution >= 4 is 5.97 Å². The summed E-state index contributed by atoms with van der Waals surface area (Å²) >= 11 is 0. The summed E-state index contributed by atoms with van der Waals surface area (Å²) < 4.78 is 10.1. The van der Waals surface area contributed by atoms with Gasteiger partial charge in [-0.3, -0.25) is 9.69 Å². The largest absolute Gasteiger partial charge is 0.497 e. The molecule has 1 aromatic carbocycles. The van der Waals surface area contributed by atoms with Gasteiger partial charge in [0.2, 0.25) is 0 Å². The van der Waals surface area contributed by atoms with Crippen LogP contribution < -0.4 is 4.74 Å². The Morgan fingerprint density at radius 1 is 1.25 bits per heavy atom. The maximum absolute atomic E-state index is 11.9. The summed E-state index contributed by atoms with van der Waals surface area (Å²) in [6.45, 7) is 1.50. The van der Waals surface area contributed by atoms with Crippen molar-refractivity contribution in [2.45, 2.75) is 25.4 Å². The van der Waals surface area contributed by atoms with E-state index in [-0.39, 0.29) is 12.0 Å². The number of carbonyl (C=O) groups excluding carboxylic acids is 1. The zero-order valence-electron chi connectivity index (χ0n) is 12.0. The second-order valence-corrected chi connectivity index (χ2v) is 4.87. The lowest BCUT2D eigenvalue weighted by molar-refractivity contribution is -0.147. The van der Waals surface area contributed by atoms with Crippen molar-refractivity contribution in [2.24, 2.45) is 0 Å². The van der Waals surface area contributed by atoms with E-state index < -0.39 is 0 Å². The first-order valence-electron chi connectivity index (χ1n) is 6.84. The van der Waals surface area contributed by atoms with Crippen LogP contribution in [-0.2, 0) is 16.1 Å². The minimum absolute atomic E-state index is 0.151. The molecule has 1 atom stereocenters. The summed E-state index contributed by atoms with van der Waals surface area (Å²) in [5, 5.41) is 0. The zero-order chi connectivity index (χ0) is 14.4. The first kappa shape index (κ1) is 14.6. The third kappa shape index (κ3) is 3.61. The maximum Gasteiger partial charge on any atom is 0.323 e. The number of benzene rings is 1. The van der Waals surface area contributed by atoms with E-state index in [2.05, 4.69) is 17.1 Å². The van der Waals surface area contributed by atoms with Gasteiger partial charge in [0.15, 0.2) is 0 Å². The normalized spacial score (nSPS) is 19.4. The van der Waals surface area contributed by atoms with E-state index in [9.17, 15) is 4.79 Å². The summed E-state index contributed by atoms with van der Waals surface area (Å²) in [6, 6.07) is 7.77. The molecular formula is C16H21NO3. The number of ether oxygens (including phenoxy) is 2. The molecule has 1 aliphatic heterocycles. The number of hydrogen-bond acceptors (Lipinski definition) is 4. The van der Waals surface area contributed by atoms with E-state index in [0.717, 1.165) is 37.2 Å². The molecule has 0 spiro atoms. The highest BCUT2D eigenvalue weighted by Crippen LogP contribution is 2.18. The third-order valence-corrected chi connectivity index (χ3v) is 3.57. The molecule has 108 valence electrons. The molecule has 4 heteroatoms. The Labute approximate surface area is 120 Å². The Morgan fingerprint density at radius 2 is 2.00 bits per heavy atom. The van der Waals surface area contributed by atoms with Crippen molar-refractivity contribution < 1.29 is 14.3 Å². The number of nitrogens with zero attached hydrogens (tertiary/aromatic N) is 1. The lowest BCUT2D eigenvalue weighted by atomic mass is 10.1. The van der Waals surface area contributed by atoms with E-state index in [1.165, 1.54) is 7.11 Å². The minimum atomic E-state index is -0.169. The minimum Gasteiger partial charge on any atom is -0.497 e. The maximum atomic E-state index is 11.9. The second kappa shape index (κ2) is 7.10. The van der Waals surface area contributed by atoms with Crippen molar-refractivity contribution in [1.29, 1.82) is 0 Å². The highest BCUT2D eigenvalue weighted by Gasteiger charge is 2.26. The van der Waals surface area contributed by atoms with Crippen molar-refractivity contribution in [3.8, 4) is 5.75 Å². The van der Waals surface area contributed by atoms with Crippen LogP contribution in [-0.4, -0.2) is 37.7 Å². The van der Waals surface area contributed by atoms with E-state index in [0.29, 0.717) is 0 Å². The van der Waals surface area contributed by atoms with Gasteiger partial charge in [-0.2, -0.15) is 0 Å². The van der Waals surface area contributed by atoms with Crippen LogP contribution in [0.3, 0.4) is 0 Å². The van der Waals surface area contributed by atoms with Crippen molar-refractivity contribution in [1.82, 2.24) is 4.90 Å². The third-order valence-electron chi connectivity index (χ3n) is 3.57. The van der Waals surface area contributed by atoms with Gasteiger partial charge in [0.1, 0.15) is 11.8 Å². The van der Waals surface area contributed by atoms with Crippen LogP contribution in [0.15, 0.2) is 36.4 Å². The summed E-state index contributed by atoms with van der Waals surface area (Å²) in [5.41, 5.74) is 1.16. The van der Waals surface area contributed by atoms with Crippen LogP contribution in [0.25, 0.3) is 0 Å². The Bertz CT molecular complexity index is 467. The first-order valence-corrected chi connectivity index (χ1v) is 6.84. The molecule has 0 N–H and O–H groups in total.